The Hall–Kier alpha value is 0.800. The molecule has 0 amide bonds. The molecule has 0 aliphatic heterocycles. The minimum absolute atomic E-state index is 0. The second kappa shape index (κ2) is 8.29. The van der Waals surface area contributed by atoms with Gasteiger partial charge < -0.3 is 14.5 Å². The molecular weight excluding hydrogens is 318 g/mol. The summed E-state index contributed by atoms with van der Waals surface area (Å²) in [5, 5.41) is 0. The van der Waals surface area contributed by atoms with E-state index in [2.05, 4.69) is 0 Å². The molecule has 8 nitrogen and oxygen atoms in total. The van der Waals surface area contributed by atoms with E-state index in [0.717, 1.165) is 12.1 Å². The minimum atomic E-state index is -4.73. The summed E-state index contributed by atoms with van der Waals surface area (Å²) in [5.74, 6) is 0. The van der Waals surface area contributed by atoms with Gasteiger partial charge in [-0.3, -0.25) is 0 Å². The van der Waals surface area contributed by atoms with Gasteiger partial charge in [-0.1, -0.05) is 6.07 Å². The fourth-order valence-electron chi connectivity index (χ4n) is 1.01. The number of nitrogens with one attached hydrogen (secondary N) is 2. The number of hydrogen-bond acceptors (Lipinski definition) is 7. The normalized spacial score (nSPS) is 11.1. The Bertz CT molecular complexity index is 631. The maximum atomic E-state index is 10.7. The summed E-state index contributed by atoms with van der Waals surface area (Å²) in [6.45, 7) is 1.53. The Morgan fingerprint density at radius 2 is 1.58 bits per heavy atom. The van der Waals surface area contributed by atoms with E-state index in [1.165, 1.54) is 17.8 Å². The third-order valence-electron chi connectivity index (χ3n) is 1.81. The van der Waals surface area contributed by atoms with Crippen molar-refractivity contribution in [3.8, 4) is 0 Å². The first-order valence-corrected chi connectivity index (χ1v) is 6.96. The van der Waals surface area contributed by atoms with Crippen molar-refractivity contribution in [2.45, 2.75) is 11.8 Å². The van der Waals surface area contributed by atoms with Gasteiger partial charge in [0, 0.05) is 0 Å². The summed E-state index contributed by atoms with van der Waals surface area (Å²) in [7, 11) is -9.37. The first-order chi connectivity index (χ1) is 7.59. The molecule has 0 radical (unpaired) electrons. The smallest absolute Gasteiger partial charge is 0.744 e. The number of hydrogen-bond donors (Lipinski definition) is 2. The number of anilines is 1. The predicted octanol–water partition coefficient (Wildman–Crippen LogP) is -6.72. The van der Waals surface area contributed by atoms with Crippen LogP contribution in [0.4, 0.5) is 5.69 Å². The third-order valence-corrected chi connectivity index (χ3v) is 2.99. The standard InChI is InChI=1S/C7H10N2O6S2.2Na/c1-5-2-3-6(16(10,11)12)4-7(5)8-9-17(13,14)15;;/h2-4,8-9H,1H3,(H,10,11,12)(H,13,14,15);;/q;2*+1/p-2. The van der Waals surface area contributed by atoms with E-state index >= 15 is 0 Å². The van der Waals surface area contributed by atoms with Crippen LogP contribution in [0, 0.1) is 6.92 Å². The average molecular weight is 326 g/mol. The van der Waals surface area contributed by atoms with Gasteiger partial charge in [0.1, 0.15) is 10.1 Å². The topological polar surface area (TPSA) is 138 Å². The number of hydrazine groups is 1. The maximum absolute atomic E-state index is 10.7. The molecule has 2 N–H and O–H groups in total. The maximum Gasteiger partial charge on any atom is 1.00 e. The fourth-order valence-corrected chi connectivity index (χ4v) is 1.74. The molecule has 0 bridgehead atoms. The van der Waals surface area contributed by atoms with Gasteiger partial charge >= 0.3 is 59.1 Å². The Morgan fingerprint density at radius 3 is 2.00 bits per heavy atom. The number of rotatable bonds is 4. The van der Waals surface area contributed by atoms with E-state index in [0.29, 0.717) is 5.56 Å². The minimum Gasteiger partial charge on any atom is -0.744 e. The van der Waals surface area contributed by atoms with Crippen molar-refractivity contribution >= 4 is 26.1 Å². The molecule has 0 atom stereocenters. The number of aryl methyl sites for hydroxylation is 1. The molecule has 0 spiro atoms. The summed E-state index contributed by atoms with van der Waals surface area (Å²) >= 11 is 0. The number of benzene rings is 1. The van der Waals surface area contributed by atoms with E-state index in [9.17, 15) is 25.9 Å². The van der Waals surface area contributed by atoms with Gasteiger partial charge in [-0.15, -0.1) is 4.83 Å². The predicted molar refractivity (Wildman–Crippen MR) is 55.6 cm³/mol. The Morgan fingerprint density at radius 1 is 1.05 bits per heavy atom. The van der Waals surface area contributed by atoms with Crippen LogP contribution >= 0.6 is 0 Å². The molecule has 0 unspecified atom stereocenters. The Balaban J connectivity index is 0. The van der Waals surface area contributed by atoms with E-state index in [1.807, 2.05) is 5.43 Å². The molecule has 0 aliphatic carbocycles. The van der Waals surface area contributed by atoms with Gasteiger partial charge in [0.25, 0.3) is 0 Å². The van der Waals surface area contributed by atoms with Crippen LogP contribution in [-0.2, 0) is 20.4 Å². The van der Waals surface area contributed by atoms with Crippen LogP contribution in [0.2, 0.25) is 0 Å². The van der Waals surface area contributed by atoms with E-state index < -0.39 is 25.3 Å². The van der Waals surface area contributed by atoms with Gasteiger partial charge in [0.05, 0.1) is 10.6 Å². The molecule has 1 aromatic carbocycles. The summed E-state index contributed by atoms with van der Waals surface area (Å²) in [5.41, 5.74) is 2.47. The second-order valence-corrected chi connectivity index (χ2v) is 5.60. The van der Waals surface area contributed by atoms with Crippen molar-refractivity contribution in [3.05, 3.63) is 23.8 Å². The van der Waals surface area contributed by atoms with Crippen LogP contribution in [-0.4, -0.2) is 25.9 Å². The van der Waals surface area contributed by atoms with Gasteiger partial charge in [0.2, 0.25) is 0 Å². The zero-order valence-electron chi connectivity index (χ0n) is 10.5. The fraction of sp³-hybridized carbons (Fsp3) is 0.143. The molecule has 1 aromatic rings. The first-order valence-electron chi connectivity index (χ1n) is 4.15. The molecule has 1 rings (SSSR count). The summed E-state index contributed by atoms with van der Waals surface area (Å²) in [4.78, 5) is 0.896. The quantitative estimate of drug-likeness (QED) is 0.318. The second-order valence-electron chi connectivity index (χ2n) is 3.11. The summed E-state index contributed by atoms with van der Waals surface area (Å²) < 4.78 is 63.0. The molecule has 19 heavy (non-hydrogen) atoms. The van der Waals surface area contributed by atoms with Crippen molar-refractivity contribution in [3.63, 3.8) is 0 Å². The SMILES string of the molecule is Cc1ccc(S(=O)(=O)[O-])cc1NNS(=O)(=O)[O-].[Na+].[Na+]. The summed E-state index contributed by atoms with van der Waals surface area (Å²) in [6.07, 6.45) is 0. The molecule has 96 valence electrons. The van der Waals surface area contributed by atoms with Gasteiger partial charge in [-0.25, -0.2) is 16.8 Å². The molecule has 0 fully saturated rings. The Kier molecular flexibility index (Phi) is 9.64. The van der Waals surface area contributed by atoms with Crippen LogP contribution in [0.1, 0.15) is 5.56 Å². The molecular formula is C7H8N2Na2O6S2. The van der Waals surface area contributed by atoms with Gasteiger partial charge in [-0.2, -0.15) is 0 Å². The molecule has 0 aliphatic rings. The monoisotopic (exact) mass is 326 g/mol. The largest absolute Gasteiger partial charge is 1.00 e. The molecule has 0 aromatic heterocycles. The van der Waals surface area contributed by atoms with Crippen LogP contribution in [0.5, 0.6) is 0 Å². The van der Waals surface area contributed by atoms with Gasteiger partial charge in [0.15, 0.2) is 10.3 Å². The third kappa shape index (κ3) is 7.97. The zero-order valence-corrected chi connectivity index (χ0v) is 16.1. The van der Waals surface area contributed by atoms with Crippen molar-refractivity contribution in [1.82, 2.24) is 4.83 Å². The van der Waals surface area contributed by atoms with E-state index in [1.54, 1.807) is 0 Å². The van der Waals surface area contributed by atoms with E-state index in [4.69, 9.17) is 0 Å². The van der Waals surface area contributed by atoms with Crippen LogP contribution in [0.25, 0.3) is 0 Å². The average Bonchev–Trinajstić information content (AvgIpc) is 2.13. The molecule has 12 heteroatoms. The summed E-state index contributed by atoms with van der Waals surface area (Å²) in [6, 6.07) is 3.30. The van der Waals surface area contributed by atoms with Crippen LogP contribution in [0.3, 0.4) is 0 Å². The van der Waals surface area contributed by atoms with Gasteiger partial charge in [-0.05, 0) is 24.6 Å². The molecule has 0 heterocycles. The Labute approximate surface area is 155 Å². The van der Waals surface area contributed by atoms with Crippen molar-refractivity contribution in [2.75, 3.05) is 5.43 Å². The van der Waals surface area contributed by atoms with Crippen molar-refractivity contribution in [1.29, 1.82) is 0 Å². The van der Waals surface area contributed by atoms with Crippen molar-refractivity contribution in [2.24, 2.45) is 0 Å². The first kappa shape index (κ1) is 22.1. The van der Waals surface area contributed by atoms with Crippen molar-refractivity contribution < 1.29 is 85.1 Å². The van der Waals surface area contributed by atoms with Crippen LogP contribution in [0.15, 0.2) is 23.1 Å². The van der Waals surface area contributed by atoms with E-state index in [-0.39, 0.29) is 64.8 Å². The van der Waals surface area contributed by atoms with Crippen LogP contribution < -0.4 is 69.4 Å². The zero-order chi connectivity index (χ0) is 13.3. The molecule has 0 saturated heterocycles. The molecule has 0 saturated carbocycles.